The average molecular weight is 523 g/mol. The monoisotopic (exact) mass is 522 g/mol. The highest BCUT2D eigenvalue weighted by atomic mass is 32.2. The van der Waals surface area contributed by atoms with Gasteiger partial charge in [0.1, 0.15) is 5.75 Å². The molecule has 36 heavy (non-hydrogen) atoms. The largest absolute Gasteiger partial charge is 0.495 e. The molecule has 0 bridgehead atoms. The number of imide groups is 1. The van der Waals surface area contributed by atoms with Crippen molar-refractivity contribution in [1.29, 1.82) is 0 Å². The summed E-state index contributed by atoms with van der Waals surface area (Å²) in [5.74, 6) is 1.59. The van der Waals surface area contributed by atoms with Gasteiger partial charge in [0.05, 0.1) is 29.1 Å². The lowest BCUT2D eigenvalue weighted by atomic mass is 9.97. The smallest absolute Gasteiger partial charge is 0.290 e. The number of aromatic nitrogens is 3. The van der Waals surface area contributed by atoms with Gasteiger partial charge in [-0.3, -0.25) is 14.9 Å². The van der Waals surface area contributed by atoms with E-state index in [1.54, 1.807) is 36.8 Å². The van der Waals surface area contributed by atoms with Crippen molar-refractivity contribution in [2.24, 2.45) is 5.92 Å². The van der Waals surface area contributed by atoms with Crippen LogP contribution in [0.1, 0.15) is 24.2 Å². The second kappa shape index (κ2) is 11.2. The van der Waals surface area contributed by atoms with Crippen molar-refractivity contribution in [2.45, 2.75) is 19.4 Å². The summed E-state index contributed by atoms with van der Waals surface area (Å²) in [4.78, 5) is 39.5. The van der Waals surface area contributed by atoms with Crippen LogP contribution in [0.5, 0.6) is 5.75 Å². The Bertz CT molecular complexity index is 1270. The highest BCUT2D eigenvalue weighted by molar-refractivity contribution is 8.18. The molecule has 3 aromatic heterocycles. The molecule has 2 saturated heterocycles. The topological polar surface area (TPSA) is 109 Å². The summed E-state index contributed by atoms with van der Waals surface area (Å²) in [6.45, 7) is 3.26. The normalized spacial score (nSPS) is 17.6. The van der Waals surface area contributed by atoms with E-state index in [-0.39, 0.29) is 11.1 Å². The maximum Gasteiger partial charge on any atom is 0.290 e. The maximum atomic E-state index is 11.8. The van der Waals surface area contributed by atoms with Crippen LogP contribution in [-0.4, -0.2) is 52.8 Å². The lowest BCUT2D eigenvalue weighted by Crippen LogP contribution is -2.38. The van der Waals surface area contributed by atoms with Gasteiger partial charge in [0.2, 0.25) is 5.95 Å². The summed E-state index contributed by atoms with van der Waals surface area (Å²) in [7, 11) is 1.68. The van der Waals surface area contributed by atoms with Gasteiger partial charge in [-0.1, -0.05) is 0 Å². The van der Waals surface area contributed by atoms with Crippen molar-refractivity contribution in [3.05, 3.63) is 57.5 Å². The van der Waals surface area contributed by atoms with Crippen LogP contribution in [0.25, 0.3) is 17.3 Å². The Balaban J connectivity index is 1.14. The molecular weight excluding hydrogens is 496 g/mol. The lowest BCUT2D eigenvalue weighted by Gasteiger charge is -2.32. The second-order valence-corrected chi connectivity index (χ2v) is 10.3. The van der Waals surface area contributed by atoms with Crippen LogP contribution >= 0.6 is 23.1 Å². The second-order valence-electron chi connectivity index (χ2n) is 8.55. The number of pyridine rings is 1. The Labute approximate surface area is 217 Å². The van der Waals surface area contributed by atoms with E-state index >= 15 is 0 Å². The van der Waals surface area contributed by atoms with E-state index in [0.717, 1.165) is 66.9 Å². The number of ether oxygens (including phenoxy) is 1. The molecule has 9 nitrogen and oxygen atoms in total. The van der Waals surface area contributed by atoms with Gasteiger partial charge >= 0.3 is 0 Å². The molecule has 0 saturated carbocycles. The van der Waals surface area contributed by atoms with Gasteiger partial charge in [-0.25, -0.2) is 15.0 Å². The summed E-state index contributed by atoms with van der Waals surface area (Å²) >= 11 is 2.55. The minimum Gasteiger partial charge on any atom is -0.495 e. The SMILES string of the molecule is COc1ccc(-c2ccsc2)nc1CNCC1CCN(c2nccc(C=C3SC(=O)NC3=O)n2)CC1. The summed E-state index contributed by atoms with van der Waals surface area (Å²) in [6, 6.07) is 7.79. The number of thioether (sulfide) groups is 1. The number of hydrogen-bond acceptors (Lipinski definition) is 10. The molecule has 2 N–H and O–H groups in total. The average Bonchev–Trinajstić information content (AvgIpc) is 3.54. The van der Waals surface area contributed by atoms with E-state index in [4.69, 9.17) is 9.72 Å². The molecule has 0 atom stereocenters. The molecule has 2 fully saturated rings. The van der Waals surface area contributed by atoms with E-state index in [2.05, 4.69) is 42.3 Å². The number of amides is 2. The van der Waals surface area contributed by atoms with E-state index in [0.29, 0.717) is 29.0 Å². The number of nitrogens with one attached hydrogen (secondary N) is 2. The van der Waals surface area contributed by atoms with Crippen LogP contribution < -0.4 is 20.3 Å². The Hall–Kier alpha value is -3.28. The number of carbonyl (C=O) groups excluding carboxylic acids is 2. The Morgan fingerprint density at radius 1 is 1.19 bits per heavy atom. The summed E-state index contributed by atoms with van der Waals surface area (Å²) in [5.41, 5.74) is 3.60. The maximum absolute atomic E-state index is 11.8. The molecule has 186 valence electrons. The van der Waals surface area contributed by atoms with Crippen LogP contribution in [0.2, 0.25) is 0 Å². The molecular formula is C25H26N6O3S2. The van der Waals surface area contributed by atoms with E-state index in [1.165, 1.54) is 0 Å². The molecule has 0 aliphatic carbocycles. The molecule has 5 rings (SSSR count). The van der Waals surface area contributed by atoms with Gasteiger partial charge in [-0.2, -0.15) is 11.3 Å². The predicted octanol–water partition coefficient (Wildman–Crippen LogP) is 3.94. The number of hydrogen-bond donors (Lipinski definition) is 2. The third kappa shape index (κ3) is 5.75. The predicted molar refractivity (Wildman–Crippen MR) is 142 cm³/mol. The molecule has 0 spiro atoms. The zero-order chi connectivity index (χ0) is 24.9. The zero-order valence-corrected chi connectivity index (χ0v) is 21.4. The van der Waals surface area contributed by atoms with Crippen molar-refractivity contribution in [3.8, 4) is 17.0 Å². The lowest BCUT2D eigenvalue weighted by molar-refractivity contribution is -0.115. The van der Waals surface area contributed by atoms with Gasteiger partial charge in [-0.15, -0.1) is 0 Å². The molecule has 3 aromatic rings. The summed E-state index contributed by atoms with van der Waals surface area (Å²) in [6.07, 6.45) is 5.36. The minimum atomic E-state index is -0.385. The first kappa shape index (κ1) is 24.4. The fraction of sp³-hybridized carbons (Fsp3) is 0.320. The van der Waals surface area contributed by atoms with Crippen LogP contribution in [0.3, 0.4) is 0 Å². The molecule has 11 heteroatoms. The van der Waals surface area contributed by atoms with Gasteiger partial charge < -0.3 is 15.0 Å². The first-order valence-electron chi connectivity index (χ1n) is 11.7. The first-order valence-corrected chi connectivity index (χ1v) is 13.4. The van der Waals surface area contributed by atoms with E-state index in [1.807, 2.05) is 12.1 Å². The van der Waals surface area contributed by atoms with Crippen LogP contribution in [0.15, 0.2) is 46.1 Å². The Morgan fingerprint density at radius 2 is 2.06 bits per heavy atom. The molecule has 0 radical (unpaired) electrons. The number of rotatable bonds is 8. The van der Waals surface area contributed by atoms with Gasteiger partial charge in [0.15, 0.2) is 0 Å². The third-order valence-corrected chi connectivity index (χ3v) is 7.67. The van der Waals surface area contributed by atoms with Gasteiger partial charge in [-0.05, 0) is 72.8 Å². The number of nitrogens with zero attached hydrogens (tertiary/aromatic N) is 4. The van der Waals surface area contributed by atoms with Crippen molar-refractivity contribution >= 4 is 46.3 Å². The van der Waals surface area contributed by atoms with Crippen LogP contribution in [0.4, 0.5) is 10.7 Å². The van der Waals surface area contributed by atoms with Crippen LogP contribution in [0, 0.1) is 5.92 Å². The molecule has 2 aliphatic rings. The number of piperidine rings is 1. The zero-order valence-electron chi connectivity index (χ0n) is 19.8. The minimum absolute atomic E-state index is 0.349. The summed E-state index contributed by atoms with van der Waals surface area (Å²) in [5, 5.41) is 9.62. The Kier molecular flexibility index (Phi) is 7.59. The van der Waals surface area contributed by atoms with Crippen molar-refractivity contribution in [3.63, 3.8) is 0 Å². The fourth-order valence-corrected chi connectivity index (χ4v) is 5.57. The molecule has 5 heterocycles. The highest BCUT2D eigenvalue weighted by Gasteiger charge is 2.26. The number of thiophene rings is 1. The Morgan fingerprint density at radius 3 is 2.78 bits per heavy atom. The molecule has 0 aromatic carbocycles. The highest BCUT2D eigenvalue weighted by Crippen LogP contribution is 2.27. The molecule has 0 unspecified atom stereocenters. The van der Waals surface area contributed by atoms with Gasteiger partial charge in [0.25, 0.3) is 11.1 Å². The molecule has 2 aliphatic heterocycles. The fourth-order valence-electron chi connectivity index (χ4n) is 4.25. The summed E-state index contributed by atoms with van der Waals surface area (Å²) < 4.78 is 5.52. The first-order chi connectivity index (χ1) is 17.6. The quantitative estimate of drug-likeness (QED) is 0.425. The third-order valence-electron chi connectivity index (χ3n) is 6.18. The van der Waals surface area contributed by atoms with E-state index < -0.39 is 0 Å². The number of anilines is 1. The standard InChI is InChI=1S/C25H26N6O3S2/c1-34-21-3-2-19(17-7-11-35-15-17)29-20(21)14-26-13-16-5-9-31(10-6-16)24-27-8-4-18(28-24)12-22-23(32)30-25(33)36-22/h2-4,7-8,11-12,15-16,26H,5-6,9-10,13-14H2,1H3,(H,30,32,33). The van der Waals surface area contributed by atoms with Crippen molar-refractivity contribution in [2.75, 3.05) is 31.6 Å². The van der Waals surface area contributed by atoms with Crippen molar-refractivity contribution in [1.82, 2.24) is 25.6 Å². The van der Waals surface area contributed by atoms with Crippen molar-refractivity contribution < 1.29 is 14.3 Å². The van der Waals surface area contributed by atoms with E-state index in [9.17, 15) is 9.59 Å². The number of methoxy groups -OCH3 is 1. The number of carbonyl (C=O) groups is 2. The van der Waals surface area contributed by atoms with Gasteiger partial charge in [0, 0.05) is 36.8 Å². The van der Waals surface area contributed by atoms with Crippen LogP contribution in [-0.2, 0) is 11.3 Å². The molecule has 2 amide bonds.